The third-order valence-electron chi connectivity index (χ3n) is 6.82. The summed E-state index contributed by atoms with van der Waals surface area (Å²) in [7, 11) is 4.10. The second-order valence-corrected chi connectivity index (χ2v) is 9.99. The monoisotopic (exact) mass is 588 g/mol. The summed E-state index contributed by atoms with van der Waals surface area (Å²) in [4.78, 5) is 41.8. The number of carbonyl (C=O) groups is 1. The van der Waals surface area contributed by atoms with Gasteiger partial charge in [-0.05, 0) is 61.2 Å². The van der Waals surface area contributed by atoms with Crippen LogP contribution in [-0.2, 0) is 9.53 Å². The van der Waals surface area contributed by atoms with Gasteiger partial charge in [-0.15, -0.1) is 0 Å². The van der Waals surface area contributed by atoms with Crippen molar-refractivity contribution in [2.24, 2.45) is 5.10 Å². The Hall–Kier alpha value is -5.26. The number of methoxy groups -OCH3 is 3. The molecule has 0 bridgehead atoms. The first-order valence-electron chi connectivity index (χ1n) is 13.4. The number of carbonyl (C=O) groups excluding carboxylic acids is 1. The summed E-state index contributed by atoms with van der Waals surface area (Å²) in [5, 5.41) is 16.8. The number of nitro benzene ring substituents is 1. The molecule has 12 heteroatoms. The molecule has 43 heavy (non-hydrogen) atoms. The summed E-state index contributed by atoms with van der Waals surface area (Å²) in [6.45, 7) is 7.36. The summed E-state index contributed by atoms with van der Waals surface area (Å²) in [6, 6.07) is 13.4. The van der Waals surface area contributed by atoms with E-state index in [1.165, 1.54) is 44.2 Å². The molecule has 224 valence electrons. The maximum atomic E-state index is 13.8. The molecule has 4 aromatic rings. The lowest BCUT2D eigenvalue weighted by molar-refractivity contribution is -0.386. The molecule has 0 saturated carbocycles. The molecule has 0 aliphatic heterocycles. The van der Waals surface area contributed by atoms with Gasteiger partial charge in [-0.3, -0.25) is 14.9 Å². The van der Waals surface area contributed by atoms with Crippen LogP contribution in [0.25, 0.3) is 22.3 Å². The van der Waals surface area contributed by atoms with Gasteiger partial charge >= 0.3 is 11.7 Å². The van der Waals surface area contributed by atoms with E-state index in [4.69, 9.17) is 19.2 Å². The molecule has 1 heterocycles. The average molecular weight is 589 g/mol. The Kier molecular flexibility index (Phi) is 9.08. The molecule has 0 aliphatic carbocycles. The Morgan fingerprint density at radius 2 is 1.74 bits per heavy atom. The van der Waals surface area contributed by atoms with E-state index in [1.807, 2.05) is 32.9 Å². The number of hydrogen-bond donors (Lipinski definition) is 0. The highest BCUT2D eigenvalue weighted by atomic mass is 16.6. The largest absolute Gasteiger partial charge is 0.496 e. The second kappa shape index (κ2) is 12.7. The van der Waals surface area contributed by atoms with Gasteiger partial charge in [0.05, 0.1) is 43.4 Å². The van der Waals surface area contributed by atoms with Crippen LogP contribution in [0, 0.1) is 17.0 Å². The molecular formula is C31H32N4O8. The molecule has 1 atom stereocenters. The zero-order valence-corrected chi connectivity index (χ0v) is 24.9. The quantitative estimate of drug-likeness (QED) is 0.105. The Morgan fingerprint density at radius 1 is 1.05 bits per heavy atom. The lowest BCUT2D eigenvalue weighted by Gasteiger charge is -2.17. The molecule has 1 aromatic heterocycles. The molecule has 0 saturated heterocycles. The second-order valence-electron chi connectivity index (χ2n) is 9.99. The van der Waals surface area contributed by atoms with Crippen molar-refractivity contribution in [3.05, 3.63) is 85.7 Å². The van der Waals surface area contributed by atoms with Crippen molar-refractivity contribution >= 4 is 28.8 Å². The minimum atomic E-state index is -1.13. The van der Waals surface area contributed by atoms with Crippen LogP contribution in [-0.4, -0.2) is 54.2 Å². The number of rotatable bonds is 10. The van der Waals surface area contributed by atoms with E-state index in [2.05, 4.69) is 9.84 Å². The maximum Gasteiger partial charge on any atom is 0.346 e. The van der Waals surface area contributed by atoms with Crippen LogP contribution in [0.2, 0.25) is 0 Å². The molecule has 0 aliphatic rings. The fourth-order valence-electron chi connectivity index (χ4n) is 4.58. The predicted octanol–water partition coefficient (Wildman–Crippen LogP) is 5.24. The smallest absolute Gasteiger partial charge is 0.346 e. The molecule has 0 unspecified atom stereocenters. The molecule has 0 amide bonds. The van der Waals surface area contributed by atoms with E-state index < -0.39 is 28.2 Å². The third-order valence-corrected chi connectivity index (χ3v) is 6.82. The number of para-hydroxylation sites is 1. The zero-order chi connectivity index (χ0) is 31.4. The van der Waals surface area contributed by atoms with E-state index in [9.17, 15) is 19.7 Å². The van der Waals surface area contributed by atoms with Crippen molar-refractivity contribution in [3.8, 4) is 28.6 Å². The SMILES string of the molecule is COC(=O)[C@H](C)Oc1c(OC)cc(C=Nn2c(-c3cc(C(C)C)c(OC)cc3C)nc3ccccc3c2=O)cc1[N+](=O)[O-]. The summed E-state index contributed by atoms with van der Waals surface area (Å²) < 4.78 is 22.3. The van der Waals surface area contributed by atoms with Crippen LogP contribution in [0.15, 0.2) is 58.4 Å². The number of esters is 1. The number of benzene rings is 3. The summed E-state index contributed by atoms with van der Waals surface area (Å²) in [5.74, 6) is 0.153. The summed E-state index contributed by atoms with van der Waals surface area (Å²) in [5.41, 5.74) is 2.26. The van der Waals surface area contributed by atoms with E-state index in [1.54, 1.807) is 31.4 Å². The van der Waals surface area contributed by atoms with Gasteiger partial charge in [-0.25, -0.2) is 9.78 Å². The first-order chi connectivity index (χ1) is 20.5. The topological polar surface area (TPSA) is 144 Å². The molecule has 4 rings (SSSR count). The van der Waals surface area contributed by atoms with Gasteiger partial charge in [-0.1, -0.05) is 26.0 Å². The van der Waals surface area contributed by atoms with E-state index >= 15 is 0 Å². The number of hydrogen-bond acceptors (Lipinski definition) is 10. The van der Waals surface area contributed by atoms with Gasteiger partial charge in [0.2, 0.25) is 5.75 Å². The Morgan fingerprint density at radius 3 is 2.37 bits per heavy atom. The number of aromatic nitrogens is 2. The molecule has 0 fully saturated rings. The van der Waals surface area contributed by atoms with Gasteiger partial charge < -0.3 is 18.9 Å². The van der Waals surface area contributed by atoms with Gasteiger partial charge in [-0.2, -0.15) is 9.78 Å². The van der Waals surface area contributed by atoms with Crippen molar-refractivity contribution in [1.82, 2.24) is 9.66 Å². The highest BCUT2D eigenvalue weighted by Gasteiger charge is 2.27. The van der Waals surface area contributed by atoms with Crippen molar-refractivity contribution in [3.63, 3.8) is 0 Å². The van der Waals surface area contributed by atoms with Crippen LogP contribution in [0.4, 0.5) is 5.69 Å². The van der Waals surface area contributed by atoms with Gasteiger partial charge in [0, 0.05) is 17.2 Å². The minimum absolute atomic E-state index is 0.0109. The number of fused-ring (bicyclic) bond motifs is 1. The number of nitro groups is 1. The first kappa shape index (κ1) is 30.7. The van der Waals surface area contributed by atoms with Crippen LogP contribution < -0.4 is 19.8 Å². The molecule has 12 nitrogen and oxygen atoms in total. The predicted molar refractivity (Wildman–Crippen MR) is 162 cm³/mol. The molecule has 0 radical (unpaired) electrons. The van der Waals surface area contributed by atoms with E-state index in [-0.39, 0.29) is 28.8 Å². The van der Waals surface area contributed by atoms with Crippen LogP contribution in [0.1, 0.15) is 43.4 Å². The standard InChI is InChI=1S/C31H32N4O8/c1-17(2)22-15-23(18(3)12-26(22)40-5)29-33-24-11-9-8-10-21(24)30(36)34(29)32-16-20-13-25(35(38)39)28(27(14-20)41-6)43-19(4)31(37)42-7/h8-17,19H,1-7H3/t19-/m0/s1. The fourth-order valence-corrected chi connectivity index (χ4v) is 4.58. The number of nitrogens with zero attached hydrogens (tertiary/aromatic N) is 4. The summed E-state index contributed by atoms with van der Waals surface area (Å²) >= 11 is 0. The first-order valence-corrected chi connectivity index (χ1v) is 13.4. The molecule has 0 spiro atoms. The lowest BCUT2D eigenvalue weighted by atomic mass is 9.96. The van der Waals surface area contributed by atoms with Crippen molar-refractivity contribution < 1.29 is 28.7 Å². The highest BCUT2D eigenvalue weighted by molar-refractivity contribution is 5.85. The van der Waals surface area contributed by atoms with Crippen molar-refractivity contribution in [2.75, 3.05) is 21.3 Å². The maximum absolute atomic E-state index is 13.8. The average Bonchev–Trinajstić information content (AvgIpc) is 2.99. The van der Waals surface area contributed by atoms with Gasteiger partial charge in [0.15, 0.2) is 17.7 Å². The minimum Gasteiger partial charge on any atom is -0.496 e. The van der Waals surface area contributed by atoms with E-state index in [0.29, 0.717) is 16.5 Å². The lowest BCUT2D eigenvalue weighted by Crippen LogP contribution is -2.25. The van der Waals surface area contributed by atoms with Crippen molar-refractivity contribution in [2.45, 2.75) is 39.7 Å². The van der Waals surface area contributed by atoms with Gasteiger partial charge in [0.25, 0.3) is 5.56 Å². The highest BCUT2D eigenvalue weighted by Crippen LogP contribution is 2.39. The Balaban J connectivity index is 1.92. The molecular weight excluding hydrogens is 556 g/mol. The van der Waals surface area contributed by atoms with Crippen molar-refractivity contribution in [1.29, 1.82) is 0 Å². The summed E-state index contributed by atoms with van der Waals surface area (Å²) in [6.07, 6.45) is 0.164. The van der Waals surface area contributed by atoms with Crippen LogP contribution in [0.3, 0.4) is 0 Å². The Labute approximate surface area is 247 Å². The Bertz CT molecular complexity index is 1800. The van der Waals surface area contributed by atoms with Crippen LogP contribution in [0.5, 0.6) is 17.2 Å². The van der Waals surface area contributed by atoms with E-state index in [0.717, 1.165) is 16.9 Å². The van der Waals surface area contributed by atoms with Gasteiger partial charge in [0.1, 0.15) is 5.75 Å². The molecule has 0 N–H and O–H groups in total. The number of ether oxygens (including phenoxy) is 4. The zero-order valence-electron chi connectivity index (χ0n) is 24.9. The number of aryl methyl sites for hydroxylation is 1. The van der Waals surface area contributed by atoms with Crippen LogP contribution >= 0.6 is 0 Å². The third kappa shape index (κ3) is 6.17. The fraction of sp³-hybridized carbons (Fsp3) is 0.290. The normalized spacial score (nSPS) is 12.0. The molecule has 3 aromatic carbocycles.